The Balaban J connectivity index is 1.71. The third-order valence-electron chi connectivity index (χ3n) is 3.53. The molecule has 20 heavy (non-hydrogen) atoms. The van der Waals surface area contributed by atoms with Crippen LogP contribution in [0.5, 0.6) is 0 Å². The topological polar surface area (TPSA) is 6.48 Å². The molecule has 2 aromatic rings. The van der Waals surface area contributed by atoms with Crippen LogP contribution in [-0.2, 0) is 6.54 Å². The second-order valence-corrected chi connectivity index (χ2v) is 5.51. The predicted molar refractivity (Wildman–Crippen MR) is 83.6 cm³/mol. The van der Waals surface area contributed by atoms with Gasteiger partial charge in [-0.05, 0) is 24.1 Å². The van der Waals surface area contributed by atoms with Crippen LogP contribution in [0.1, 0.15) is 11.1 Å². The Bertz CT molecular complexity index is 563. The second-order valence-electron chi connectivity index (χ2n) is 5.11. The number of halogens is 1. The van der Waals surface area contributed by atoms with Crippen molar-refractivity contribution in [2.45, 2.75) is 13.5 Å². The Labute approximate surface area is 125 Å². The van der Waals surface area contributed by atoms with Crippen LogP contribution in [0, 0.1) is 13.5 Å². The van der Waals surface area contributed by atoms with Crippen molar-refractivity contribution >= 4 is 17.3 Å². The lowest BCUT2D eigenvalue weighted by atomic mass is 10.2. The Morgan fingerprint density at radius 3 is 2.65 bits per heavy atom. The molecular weight excluding hydrogens is 268 g/mol. The third kappa shape index (κ3) is 2.82. The van der Waals surface area contributed by atoms with E-state index in [1.165, 1.54) is 11.1 Å². The van der Waals surface area contributed by atoms with Crippen molar-refractivity contribution in [2.24, 2.45) is 0 Å². The first kappa shape index (κ1) is 13.5. The Hall–Kier alpha value is -1.51. The molecule has 0 bridgehead atoms. The number of benzene rings is 2. The van der Waals surface area contributed by atoms with Gasteiger partial charge in [0, 0.05) is 13.1 Å². The van der Waals surface area contributed by atoms with Gasteiger partial charge in [-0.1, -0.05) is 54.1 Å². The van der Waals surface area contributed by atoms with E-state index in [0.29, 0.717) is 0 Å². The molecule has 2 nitrogen and oxygen atoms in total. The first-order chi connectivity index (χ1) is 9.74. The summed E-state index contributed by atoms with van der Waals surface area (Å²) in [7, 11) is 0. The van der Waals surface area contributed by atoms with Crippen molar-refractivity contribution in [3.05, 3.63) is 71.2 Å². The summed E-state index contributed by atoms with van der Waals surface area (Å²) in [5.74, 6) is 0. The minimum Gasteiger partial charge on any atom is -0.345 e. The minimum absolute atomic E-state index is 0.791. The number of nitrogens with zero attached hydrogens (tertiary/aromatic N) is 2. The van der Waals surface area contributed by atoms with E-state index in [0.717, 1.165) is 30.5 Å². The fourth-order valence-corrected chi connectivity index (χ4v) is 2.87. The summed E-state index contributed by atoms with van der Waals surface area (Å²) in [6.07, 6.45) is 0. The molecule has 1 saturated heterocycles. The van der Waals surface area contributed by atoms with E-state index in [-0.39, 0.29) is 0 Å². The summed E-state index contributed by atoms with van der Waals surface area (Å²) in [6.45, 7) is 8.09. The highest BCUT2D eigenvalue weighted by Gasteiger charge is 2.24. The van der Waals surface area contributed by atoms with Crippen molar-refractivity contribution in [3.63, 3.8) is 0 Å². The zero-order valence-corrected chi connectivity index (χ0v) is 12.3. The molecule has 3 rings (SSSR count). The smallest absolute Gasteiger partial charge is 0.108 e. The van der Waals surface area contributed by atoms with Gasteiger partial charge in [0.2, 0.25) is 0 Å². The molecule has 2 aromatic carbocycles. The molecule has 0 N–H and O–H groups in total. The lowest BCUT2D eigenvalue weighted by Gasteiger charge is -2.22. The molecular formula is C17H17ClN2. The van der Waals surface area contributed by atoms with Crippen LogP contribution in [0.4, 0.5) is 5.69 Å². The van der Waals surface area contributed by atoms with E-state index in [9.17, 15) is 0 Å². The third-order valence-corrected chi connectivity index (χ3v) is 3.84. The zero-order valence-electron chi connectivity index (χ0n) is 11.5. The van der Waals surface area contributed by atoms with Gasteiger partial charge in [0.1, 0.15) is 6.54 Å². The van der Waals surface area contributed by atoms with E-state index in [2.05, 4.69) is 53.6 Å². The molecule has 1 aliphatic rings. The van der Waals surface area contributed by atoms with Crippen molar-refractivity contribution in [1.82, 2.24) is 4.90 Å². The van der Waals surface area contributed by atoms with E-state index < -0.39 is 0 Å². The van der Waals surface area contributed by atoms with Crippen molar-refractivity contribution in [2.75, 3.05) is 18.1 Å². The summed E-state index contributed by atoms with van der Waals surface area (Å²) in [5, 5.41) is 0.791. The monoisotopic (exact) mass is 284 g/mol. The first-order valence-electron chi connectivity index (χ1n) is 6.76. The Morgan fingerprint density at radius 1 is 1.10 bits per heavy atom. The molecule has 2 radical (unpaired) electrons. The summed E-state index contributed by atoms with van der Waals surface area (Å²) in [6, 6.07) is 16.5. The SMILES string of the molecule is Cc1cccc(Cl)c1N1[C]CN(Cc2ccccc2)C1. The summed E-state index contributed by atoms with van der Waals surface area (Å²) < 4.78 is 0. The number of hydrogen-bond donors (Lipinski definition) is 0. The molecule has 3 heteroatoms. The number of rotatable bonds is 3. The van der Waals surface area contributed by atoms with Gasteiger partial charge in [-0.2, -0.15) is 0 Å². The van der Waals surface area contributed by atoms with E-state index in [1.807, 2.05) is 18.2 Å². The maximum atomic E-state index is 6.32. The maximum absolute atomic E-state index is 6.32. The van der Waals surface area contributed by atoms with Gasteiger partial charge in [0.25, 0.3) is 0 Å². The minimum atomic E-state index is 0.791. The molecule has 1 fully saturated rings. The van der Waals surface area contributed by atoms with E-state index in [1.54, 1.807) is 0 Å². The van der Waals surface area contributed by atoms with Crippen LogP contribution in [0.2, 0.25) is 5.02 Å². The molecule has 0 aromatic heterocycles. The average molecular weight is 285 g/mol. The molecule has 0 aliphatic carbocycles. The number of aryl methyl sites for hydroxylation is 1. The fraction of sp³-hybridized carbons (Fsp3) is 0.235. The first-order valence-corrected chi connectivity index (χ1v) is 7.14. The van der Waals surface area contributed by atoms with Crippen molar-refractivity contribution < 1.29 is 0 Å². The van der Waals surface area contributed by atoms with Gasteiger partial charge in [0.05, 0.1) is 17.4 Å². The summed E-state index contributed by atoms with van der Waals surface area (Å²) in [5.41, 5.74) is 3.59. The van der Waals surface area contributed by atoms with Crippen molar-refractivity contribution in [3.8, 4) is 0 Å². The quantitative estimate of drug-likeness (QED) is 0.841. The molecule has 102 valence electrons. The molecule has 1 heterocycles. The van der Waals surface area contributed by atoms with Gasteiger partial charge < -0.3 is 4.90 Å². The van der Waals surface area contributed by atoms with Crippen LogP contribution < -0.4 is 4.90 Å². The zero-order chi connectivity index (χ0) is 13.9. The van der Waals surface area contributed by atoms with Gasteiger partial charge in [0.15, 0.2) is 0 Å². The van der Waals surface area contributed by atoms with Crippen LogP contribution >= 0.6 is 11.6 Å². The highest BCUT2D eigenvalue weighted by Crippen LogP contribution is 2.32. The number of anilines is 1. The molecule has 0 amide bonds. The standard InChI is InChI=1S/C17H17ClN2/c1-14-6-5-9-16(18)17(14)20-11-10-19(13-20)12-15-7-3-2-4-8-15/h2-9H,10,12-13H2,1H3. The molecule has 0 spiro atoms. The van der Waals surface area contributed by atoms with E-state index >= 15 is 0 Å². The number of para-hydroxylation sites is 1. The highest BCUT2D eigenvalue weighted by molar-refractivity contribution is 6.33. The van der Waals surface area contributed by atoms with Gasteiger partial charge in [-0.25, -0.2) is 0 Å². The molecule has 1 aliphatic heterocycles. The highest BCUT2D eigenvalue weighted by atomic mass is 35.5. The maximum Gasteiger partial charge on any atom is 0.108 e. The Kier molecular flexibility index (Phi) is 3.95. The van der Waals surface area contributed by atoms with Crippen LogP contribution in [-0.4, -0.2) is 18.1 Å². The lowest BCUT2D eigenvalue weighted by molar-refractivity contribution is 0.337. The van der Waals surface area contributed by atoms with Crippen molar-refractivity contribution in [1.29, 1.82) is 0 Å². The van der Waals surface area contributed by atoms with E-state index in [4.69, 9.17) is 11.6 Å². The predicted octanol–water partition coefficient (Wildman–Crippen LogP) is 3.97. The average Bonchev–Trinajstić information content (AvgIpc) is 2.88. The Morgan fingerprint density at radius 2 is 1.90 bits per heavy atom. The van der Waals surface area contributed by atoms with Crippen LogP contribution in [0.25, 0.3) is 0 Å². The summed E-state index contributed by atoms with van der Waals surface area (Å²) >= 11 is 6.32. The normalized spacial score (nSPS) is 15.8. The van der Waals surface area contributed by atoms with Gasteiger partial charge in [-0.15, -0.1) is 0 Å². The van der Waals surface area contributed by atoms with Crippen LogP contribution in [0.3, 0.4) is 0 Å². The summed E-state index contributed by atoms with van der Waals surface area (Å²) in [4.78, 5) is 4.47. The van der Waals surface area contributed by atoms with Gasteiger partial charge >= 0.3 is 0 Å². The van der Waals surface area contributed by atoms with Gasteiger partial charge in [-0.3, -0.25) is 4.90 Å². The fourth-order valence-electron chi connectivity index (χ4n) is 2.55. The molecule has 0 atom stereocenters. The molecule has 0 saturated carbocycles. The second kappa shape index (κ2) is 5.86. The van der Waals surface area contributed by atoms with Crippen LogP contribution in [0.15, 0.2) is 48.5 Å². The molecule has 0 unspecified atom stereocenters. The number of hydrogen-bond acceptors (Lipinski definition) is 2. The lowest BCUT2D eigenvalue weighted by Crippen LogP contribution is -2.25. The largest absolute Gasteiger partial charge is 0.345 e.